The van der Waals surface area contributed by atoms with E-state index in [-0.39, 0.29) is 28.1 Å². The molecule has 2 heterocycles. The van der Waals surface area contributed by atoms with Gasteiger partial charge in [-0.3, -0.25) is 0 Å². The molecule has 3 rings (SSSR count). The number of fused-ring (bicyclic) bond motifs is 1. The second kappa shape index (κ2) is 9.75. The molecule has 2 fully saturated rings. The number of aldehydes is 1. The van der Waals surface area contributed by atoms with E-state index in [9.17, 15) is 13.2 Å². The molecule has 0 radical (unpaired) electrons. The fraction of sp³-hybridized carbons (Fsp3) is 0.720. The number of hydrogen-bond acceptors (Lipinski definition) is 6. The molecule has 0 saturated carbocycles. The maximum atomic E-state index is 13.8. The quantitative estimate of drug-likeness (QED) is 0.355. The Morgan fingerprint density at radius 1 is 1.03 bits per heavy atom. The Labute approximate surface area is 206 Å². The minimum absolute atomic E-state index is 0.113. The summed E-state index contributed by atoms with van der Waals surface area (Å²) in [6.07, 6.45) is -1.25. The highest BCUT2D eigenvalue weighted by Gasteiger charge is 2.60. The van der Waals surface area contributed by atoms with Gasteiger partial charge in [0.05, 0.1) is 10.9 Å². The maximum Gasteiger partial charge on any atom is 0.243 e. The van der Waals surface area contributed by atoms with Crippen LogP contribution in [-0.4, -0.2) is 64.0 Å². The molecule has 1 aromatic carbocycles. The summed E-state index contributed by atoms with van der Waals surface area (Å²) in [7, 11) is -6.39. The first-order chi connectivity index (χ1) is 15.7. The van der Waals surface area contributed by atoms with E-state index < -0.39 is 48.5 Å². The summed E-state index contributed by atoms with van der Waals surface area (Å²) < 4.78 is 48.1. The molecular weight excluding hydrogens is 470 g/mol. The fourth-order valence-corrected chi connectivity index (χ4v) is 13.2. The highest BCUT2D eigenvalue weighted by molar-refractivity contribution is 7.89. The van der Waals surface area contributed by atoms with Gasteiger partial charge in [0.2, 0.25) is 18.3 Å². The Balaban J connectivity index is 2.08. The Bertz CT molecular complexity index is 954. The van der Waals surface area contributed by atoms with Crippen LogP contribution in [0.5, 0.6) is 0 Å². The van der Waals surface area contributed by atoms with Gasteiger partial charge in [0.25, 0.3) is 0 Å². The average molecular weight is 512 g/mol. The number of benzene rings is 1. The summed E-state index contributed by atoms with van der Waals surface area (Å²) >= 11 is 0. The van der Waals surface area contributed by atoms with Crippen molar-refractivity contribution in [3.05, 3.63) is 29.8 Å². The number of carbonyl (C=O) groups excluding carboxylic acids is 1. The van der Waals surface area contributed by atoms with Crippen LogP contribution in [0.15, 0.2) is 29.2 Å². The van der Waals surface area contributed by atoms with E-state index in [4.69, 9.17) is 13.9 Å². The molecular formula is C25H41NO6SSi. The molecule has 0 unspecified atom stereocenters. The average Bonchev–Trinajstić information content (AvgIpc) is 3.21. The number of carbonyl (C=O) groups is 1. The molecule has 2 aliphatic rings. The first-order valence-corrected chi connectivity index (χ1v) is 15.8. The lowest BCUT2D eigenvalue weighted by Crippen LogP contribution is -2.57. The van der Waals surface area contributed by atoms with Crippen molar-refractivity contribution in [3.8, 4) is 0 Å². The van der Waals surface area contributed by atoms with Crippen molar-refractivity contribution >= 4 is 24.6 Å². The first-order valence-electron chi connectivity index (χ1n) is 12.2. The van der Waals surface area contributed by atoms with Crippen LogP contribution >= 0.6 is 0 Å². The second-order valence-corrected chi connectivity index (χ2v) is 18.4. The molecule has 2 aliphatic heterocycles. The van der Waals surface area contributed by atoms with Gasteiger partial charge < -0.3 is 18.7 Å². The number of ether oxygens (including phenoxy) is 2. The Morgan fingerprint density at radius 3 is 2.03 bits per heavy atom. The SMILES string of the molecule is Cc1ccc(S(=O)(=O)N2C[C@H]3OC(C)(C)O[C@H]3[C@H]2[C@@H](C=O)O[Si](C(C)C)(C(C)C)C(C)C)cc1. The largest absolute Gasteiger partial charge is 0.405 e. The number of sulfonamides is 1. The van der Waals surface area contributed by atoms with Gasteiger partial charge in [-0.25, -0.2) is 8.42 Å². The molecule has 0 bridgehead atoms. The van der Waals surface area contributed by atoms with Gasteiger partial charge in [-0.2, -0.15) is 4.31 Å². The van der Waals surface area contributed by atoms with Crippen molar-refractivity contribution in [2.24, 2.45) is 0 Å². The molecule has 0 aromatic heterocycles. The van der Waals surface area contributed by atoms with E-state index in [0.717, 1.165) is 11.8 Å². The molecule has 9 heteroatoms. The van der Waals surface area contributed by atoms with E-state index >= 15 is 0 Å². The summed E-state index contributed by atoms with van der Waals surface area (Å²) in [5, 5.41) is 0. The number of hydrogen-bond donors (Lipinski definition) is 0. The predicted octanol–water partition coefficient (Wildman–Crippen LogP) is 4.65. The minimum atomic E-state index is -3.91. The third-order valence-electron chi connectivity index (χ3n) is 7.40. The molecule has 4 atom stereocenters. The Morgan fingerprint density at radius 2 is 1.56 bits per heavy atom. The molecule has 0 N–H and O–H groups in total. The van der Waals surface area contributed by atoms with E-state index in [0.29, 0.717) is 0 Å². The van der Waals surface area contributed by atoms with Gasteiger partial charge in [0, 0.05) is 6.54 Å². The zero-order valence-corrected chi connectivity index (χ0v) is 23.8. The van der Waals surface area contributed by atoms with Crippen LogP contribution in [0.25, 0.3) is 0 Å². The van der Waals surface area contributed by atoms with Crippen LogP contribution in [0.2, 0.25) is 16.6 Å². The van der Waals surface area contributed by atoms with Crippen molar-refractivity contribution in [1.82, 2.24) is 4.31 Å². The Hall–Kier alpha value is -1.10. The summed E-state index contributed by atoms with van der Waals surface area (Å²) in [5.41, 5.74) is 1.70. The third-order valence-corrected chi connectivity index (χ3v) is 15.4. The van der Waals surface area contributed by atoms with Crippen LogP contribution < -0.4 is 0 Å². The molecule has 7 nitrogen and oxygen atoms in total. The standard InChI is InChI=1S/C25H41NO6SSi/c1-16(2)34(17(3)4,18(5)6)32-22(15-27)23-24-21(30-25(8,9)31-24)14-26(23)33(28,29)20-12-10-19(7)11-13-20/h10-13,15-18,21-24H,14H2,1-9H3/t21-,22-,23-,24-/m1/s1. The predicted molar refractivity (Wildman–Crippen MR) is 135 cm³/mol. The van der Waals surface area contributed by atoms with Gasteiger partial charge in [-0.05, 0) is 49.5 Å². The van der Waals surface area contributed by atoms with Crippen LogP contribution in [0, 0.1) is 6.92 Å². The van der Waals surface area contributed by atoms with E-state index in [1.54, 1.807) is 24.3 Å². The van der Waals surface area contributed by atoms with Crippen LogP contribution in [-0.2, 0) is 28.7 Å². The molecule has 1 aromatic rings. The van der Waals surface area contributed by atoms with E-state index in [2.05, 4.69) is 41.5 Å². The Kier molecular flexibility index (Phi) is 7.88. The third kappa shape index (κ3) is 4.79. The maximum absolute atomic E-state index is 13.8. The molecule has 0 aliphatic carbocycles. The second-order valence-electron chi connectivity index (χ2n) is 11.1. The highest BCUT2D eigenvalue weighted by Crippen LogP contribution is 2.46. The van der Waals surface area contributed by atoms with Crippen LogP contribution in [0.4, 0.5) is 0 Å². The van der Waals surface area contributed by atoms with Crippen molar-refractivity contribution in [2.45, 2.75) is 114 Å². The zero-order valence-electron chi connectivity index (χ0n) is 21.9. The van der Waals surface area contributed by atoms with E-state index in [1.165, 1.54) is 4.31 Å². The van der Waals surface area contributed by atoms with Crippen molar-refractivity contribution in [2.75, 3.05) is 6.54 Å². The number of aryl methyl sites for hydroxylation is 1. The fourth-order valence-electron chi connectivity index (χ4n) is 6.03. The van der Waals surface area contributed by atoms with Crippen molar-refractivity contribution in [1.29, 1.82) is 0 Å². The number of rotatable bonds is 9. The van der Waals surface area contributed by atoms with Crippen LogP contribution in [0.3, 0.4) is 0 Å². The number of nitrogens with zero attached hydrogens (tertiary/aromatic N) is 1. The normalized spacial score (nSPS) is 26.4. The summed E-state index contributed by atoms with van der Waals surface area (Å²) in [4.78, 5) is 12.8. The van der Waals surface area contributed by atoms with Gasteiger partial charge in [0.1, 0.15) is 24.6 Å². The van der Waals surface area contributed by atoms with Gasteiger partial charge in [0.15, 0.2) is 5.79 Å². The smallest absolute Gasteiger partial charge is 0.243 e. The summed E-state index contributed by atoms with van der Waals surface area (Å²) in [6.45, 7) is 18.5. The lowest BCUT2D eigenvalue weighted by Gasteiger charge is -2.45. The monoisotopic (exact) mass is 511 g/mol. The zero-order chi connectivity index (χ0) is 25.6. The minimum Gasteiger partial charge on any atom is -0.405 e. The van der Waals surface area contributed by atoms with Gasteiger partial charge in [-0.15, -0.1) is 0 Å². The van der Waals surface area contributed by atoms with Crippen LogP contribution in [0.1, 0.15) is 61.0 Å². The van der Waals surface area contributed by atoms with E-state index in [1.807, 2.05) is 20.8 Å². The van der Waals surface area contributed by atoms with Crippen molar-refractivity contribution in [3.63, 3.8) is 0 Å². The molecule has 0 amide bonds. The lowest BCUT2D eigenvalue weighted by molar-refractivity contribution is -0.162. The molecule has 192 valence electrons. The summed E-state index contributed by atoms with van der Waals surface area (Å²) in [5.74, 6) is -0.858. The summed E-state index contributed by atoms with van der Waals surface area (Å²) in [6, 6.07) is 5.95. The molecule has 34 heavy (non-hydrogen) atoms. The van der Waals surface area contributed by atoms with Crippen molar-refractivity contribution < 1.29 is 27.1 Å². The van der Waals surface area contributed by atoms with Gasteiger partial charge >= 0.3 is 0 Å². The highest BCUT2D eigenvalue weighted by atomic mass is 32.2. The lowest BCUT2D eigenvalue weighted by atomic mass is 10.1. The topological polar surface area (TPSA) is 82.1 Å². The first kappa shape index (κ1) is 27.5. The molecule has 0 spiro atoms. The molecule has 2 saturated heterocycles. The van der Waals surface area contributed by atoms with Gasteiger partial charge in [-0.1, -0.05) is 59.2 Å².